The lowest BCUT2D eigenvalue weighted by molar-refractivity contribution is -0.113. The van der Waals surface area contributed by atoms with E-state index in [0.29, 0.717) is 0 Å². The summed E-state index contributed by atoms with van der Waals surface area (Å²) in [6.07, 6.45) is -2.51. The van der Waals surface area contributed by atoms with Crippen LogP contribution < -0.4 is 4.72 Å². The Hall–Kier alpha value is -0.140. The highest BCUT2D eigenvalue weighted by Gasteiger charge is 2.40. The molecule has 0 aromatic carbocycles. The number of nitrogens with one attached hydrogen (secondary N) is 1. The van der Waals surface area contributed by atoms with Gasteiger partial charge in [-0.05, 0) is 6.92 Å². The number of aliphatic hydroxyl groups is 1. The lowest BCUT2D eigenvalue weighted by Crippen LogP contribution is -2.56. The molecule has 0 amide bonds. The number of rotatable bonds is 5. The first-order valence-electron chi connectivity index (χ1n) is 5.02. The molecule has 0 aromatic heterocycles. The van der Waals surface area contributed by atoms with Crippen LogP contribution in [0.4, 0.5) is 0 Å². The van der Waals surface area contributed by atoms with Crippen LogP contribution in [0.2, 0.25) is 0 Å². The molecule has 1 aliphatic rings. The van der Waals surface area contributed by atoms with Crippen LogP contribution >= 0.6 is 0 Å². The first-order chi connectivity index (χ1) is 8.23. The van der Waals surface area contributed by atoms with Gasteiger partial charge in [-0.1, -0.05) is 0 Å². The van der Waals surface area contributed by atoms with Crippen molar-refractivity contribution in [3.8, 4) is 0 Å². The van der Waals surface area contributed by atoms with Crippen molar-refractivity contribution >= 4 is 21.7 Å². The third-order valence-corrected chi connectivity index (χ3v) is 3.46. The van der Waals surface area contributed by atoms with Gasteiger partial charge in [0.05, 0.1) is 24.9 Å². The molecule has 5 atom stereocenters. The minimum Gasteiger partial charge on any atom is -0.394 e. The monoisotopic (exact) mass is 305 g/mol. The van der Waals surface area contributed by atoms with Gasteiger partial charge in [-0.15, -0.1) is 0 Å². The molecule has 18 heavy (non-hydrogen) atoms. The fourth-order valence-electron chi connectivity index (χ4n) is 1.81. The molecule has 4 N–H and O–H groups in total. The van der Waals surface area contributed by atoms with E-state index in [0.717, 1.165) is 0 Å². The lowest BCUT2D eigenvalue weighted by atomic mass is 9.97. The Morgan fingerprint density at radius 1 is 1.56 bits per heavy atom. The van der Waals surface area contributed by atoms with Crippen LogP contribution in [0.25, 0.3) is 0 Å². The Balaban J connectivity index is 2.85. The van der Waals surface area contributed by atoms with E-state index < -0.39 is 46.0 Å². The Morgan fingerprint density at radius 2 is 2.17 bits per heavy atom. The molecule has 1 aliphatic heterocycles. The maximum atomic E-state index is 10.7. The van der Waals surface area contributed by atoms with E-state index in [9.17, 15) is 12.6 Å². The van der Waals surface area contributed by atoms with Crippen LogP contribution in [0.5, 0.6) is 0 Å². The lowest BCUT2D eigenvalue weighted by Gasteiger charge is -2.38. The predicted molar refractivity (Wildman–Crippen MR) is 60.2 cm³/mol. The van der Waals surface area contributed by atoms with Gasteiger partial charge in [-0.25, -0.2) is 13.1 Å². The quantitative estimate of drug-likeness (QED) is 0.353. The highest BCUT2D eigenvalue weighted by atomic mass is 32.3. The molecule has 1 saturated heterocycles. The molecule has 0 spiro atoms. The van der Waals surface area contributed by atoms with Crippen LogP contribution in [-0.4, -0.2) is 57.8 Å². The van der Waals surface area contributed by atoms with Gasteiger partial charge in [-0.2, -0.15) is 8.42 Å². The minimum atomic E-state index is -4.71. The summed E-state index contributed by atoms with van der Waals surface area (Å²) < 4.78 is 61.4. The molecule has 0 aliphatic carbocycles. The molecular weight excluding hydrogens is 290 g/mol. The van der Waals surface area contributed by atoms with E-state index in [1.807, 2.05) is 0 Å². The first kappa shape index (κ1) is 15.9. The second-order valence-corrected chi connectivity index (χ2v) is 5.62. The van der Waals surface area contributed by atoms with Gasteiger partial charge in [-0.3, -0.25) is 9.11 Å². The Bertz CT molecular complexity index is 398. The zero-order valence-electron chi connectivity index (χ0n) is 9.42. The Morgan fingerprint density at radius 3 is 2.61 bits per heavy atom. The predicted octanol–water partition coefficient (Wildman–Crippen LogP) is -1.56. The zero-order chi connectivity index (χ0) is 13.9. The summed E-state index contributed by atoms with van der Waals surface area (Å²) in [4.78, 5) is 0. The number of aliphatic hydroxyl groups excluding tert-OH is 1. The number of hydrogen-bond donors (Lipinski definition) is 4. The van der Waals surface area contributed by atoms with E-state index in [1.165, 1.54) is 6.92 Å². The van der Waals surface area contributed by atoms with Crippen LogP contribution in [-0.2, 0) is 30.6 Å². The van der Waals surface area contributed by atoms with Crippen molar-refractivity contribution < 1.29 is 35.8 Å². The Kier molecular flexibility index (Phi) is 5.61. The molecule has 1 heterocycles. The summed E-state index contributed by atoms with van der Waals surface area (Å²) in [7, 11) is -4.71. The normalized spacial score (nSPS) is 35.3. The second kappa shape index (κ2) is 6.34. The number of hydrogen-bond acceptors (Lipinski definition) is 6. The van der Waals surface area contributed by atoms with E-state index in [4.69, 9.17) is 18.9 Å². The van der Waals surface area contributed by atoms with Crippen LogP contribution in [0, 0.1) is 0 Å². The molecule has 108 valence electrons. The molecule has 1 fully saturated rings. The van der Waals surface area contributed by atoms with Gasteiger partial charge in [0, 0.05) is 6.42 Å². The van der Waals surface area contributed by atoms with Gasteiger partial charge in [0.2, 0.25) is 11.3 Å². The van der Waals surface area contributed by atoms with Crippen LogP contribution in [0.1, 0.15) is 13.3 Å². The average molecular weight is 305 g/mol. The number of ether oxygens (including phenoxy) is 1. The third-order valence-electron chi connectivity index (χ3n) is 2.49. The van der Waals surface area contributed by atoms with E-state index in [-0.39, 0.29) is 13.0 Å². The van der Waals surface area contributed by atoms with Crippen molar-refractivity contribution in [1.29, 1.82) is 0 Å². The van der Waals surface area contributed by atoms with Gasteiger partial charge >= 0.3 is 10.4 Å². The fourth-order valence-corrected chi connectivity index (χ4v) is 2.90. The standard InChI is InChI=1S/C7H15NO8S2/c1-4-7(8-17(10)11)6(16-18(12,13)14)2-5(3-9)15-4/h4-9H,2-3H2,1H3,(H,10,11)(H,12,13,14)/t4?,5?,6-,7?/m1/s1. The maximum Gasteiger partial charge on any atom is 0.397 e. The molecule has 0 aromatic rings. The molecular formula is C7H15NO8S2. The smallest absolute Gasteiger partial charge is 0.394 e. The van der Waals surface area contributed by atoms with E-state index >= 15 is 0 Å². The van der Waals surface area contributed by atoms with Crippen molar-refractivity contribution in [2.45, 2.75) is 37.7 Å². The summed E-state index contributed by atoms with van der Waals surface area (Å²) >= 11 is -2.40. The Labute approximate surface area is 107 Å². The minimum absolute atomic E-state index is 0.0461. The molecule has 0 saturated carbocycles. The van der Waals surface area contributed by atoms with Gasteiger partial charge in [0.1, 0.15) is 6.10 Å². The molecule has 9 nitrogen and oxygen atoms in total. The summed E-state index contributed by atoms with van der Waals surface area (Å²) in [6.45, 7) is 1.16. The largest absolute Gasteiger partial charge is 0.397 e. The first-order valence-corrected chi connectivity index (χ1v) is 7.49. The highest BCUT2D eigenvalue weighted by molar-refractivity contribution is 7.80. The average Bonchev–Trinajstić information content (AvgIpc) is 2.20. The maximum absolute atomic E-state index is 10.7. The van der Waals surface area contributed by atoms with Gasteiger partial charge in [0.25, 0.3) is 0 Å². The fraction of sp³-hybridized carbons (Fsp3) is 1.00. The van der Waals surface area contributed by atoms with Crippen molar-refractivity contribution in [3.63, 3.8) is 0 Å². The summed E-state index contributed by atoms with van der Waals surface area (Å²) in [6, 6.07) is -0.916. The summed E-state index contributed by atoms with van der Waals surface area (Å²) in [5.74, 6) is 0. The summed E-state index contributed by atoms with van der Waals surface area (Å²) in [5.41, 5.74) is 0. The topological polar surface area (TPSA) is 142 Å². The molecule has 0 radical (unpaired) electrons. The van der Waals surface area contributed by atoms with Crippen molar-refractivity contribution in [2.24, 2.45) is 0 Å². The zero-order valence-corrected chi connectivity index (χ0v) is 11.1. The third kappa shape index (κ3) is 4.85. The second-order valence-electron chi connectivity index (χ2n) is 3.84. The molecule has 1 rings (SSSR count). The highest BCUT2D eigenvalue weighted by Crippen LogP contribution is 2.23. The van der Waals surface area contributed by atoms with Crippen molar-refractivity contribution in [1.82, 2.24) is 4.72 Å². The van der Waals surface area contributed by atoms with E-state index in [1.54, 1.807) is 0 Å². The van der Waals surface area contributed by atoms with E-state index in [2.05, 4.69) is 8.91 Å². The SMILES string of the molecule is CC1OC(CO)C[C@@H](OS(=O)(=O)O)C1NS(=O)O. The summed E-state index contributed by atoms with van der Waals surface area (Å²) in [5, 5.41) is 8.97. The molecule has 0 bridgehead atoms. The van der Waals surface area contributed by atoms with Crippen LogP contribution in [0.3, 0.4) is 0 Å². The van der Waals surface area contributed by atoms with Crippen LogP contribution in [0.15, 0.2) is 0 Å². The van der Waals surface area contributed by atoms with Crippen molar-refractivity contribution in [3.05, 3.63) is 0 Å². The van der Waals surface area contributed by atoms with Gasteiger partial charge in [0.15, 0.2) is 0 Å². The van der Waals surface area contributed by atoms with Crippen molar-refractivity contribution in [2.75, 3.05) is 6.61 Å². The van der Waals surface area contributed by atoms with Gasteiger partial charge < -0.3 is 9.84 Å². The molecule has 11 heteroatoms. The molecule has 4 unspecified atom stereocenters.